The molecule has 9 heteroatoms. The molecule has 2 rings (SSSR count). The van der Waals surface area contributed by atoms with Crippen LogP contribution in [0.1, 0.15) is 30.9 Å². The molecule has 0 spiro atoms. The largest absolute Gasteiger partial charge is 0.483 e. The molecule has 0 fully saturated rings. The van der Waals surface area contributed by atoms with Crippen molar-refractivity contribution in [3.63, 3.8) is 0 Å². The van der Waals surface area contributed by atoms with E-state index in [0.717, 1.165) is 16.1 Å². The molecule has 152 valence electrons. The fourth-order valence-corrected chi connectivity index (χ4v) is 2.77. The van der Waals surface area contributed by atoms with Crippen molar-refractivity contribution in [1.29, 1.82) is 0 Å². The van der Waals surface area contributed by atoms with Gasteiger partial charge < -0.3 is 4.74 Å². The zero-order valence-corrected chi connectivity index (χ0v) is 17.4. The summed E-state index contributed by atoms with van der Waals surface area (Å²) in [5.74, 6) is -0.246. The maximum Gasteiger partial charge on any atom is 0.276 e. The standard InChI is InChI=1S/C20H20BrN3O5/c1-13(2)15-7-8-18(17(21)11-15)29-12-20(26)23-22-19(25)9-6-14-4-3-5-16(10-14)24(27)28/h3-11,13H,12H2,1-2H3,(H,22,25)(H,23,26)/b9-6+. The highest BCUT2D eigenvalue weighted by molar-refractivity contribution is 9.10. The highest BCUT2D eigenvalue weighted by Crippen LogP contribution is 2.28. The summed E-state index contributed by atoms with van der Waals surface area (Å²) in [5.41, 5.74) is 5.99. The van der Waals surface area contributed by atoms with E-state index in [0.29, 0.717) is 17.2 Å². The van der Waals surface area contributed by atoms with Crippen molar-refractivity contribution in [2.45, 2.75) is 19.8 Å². The summed E-state index contributed by atoms with van der Waals surface area (Å²) >= 11 is 3.41. The van der Waals surface area contributed by atoms with Crippen molar-refractivity contribution in [2.24, 2.45) is 0 Å². The summed E-state index contributed by atoms with van der Waals surface area (Å²) in [6, 6.07) is 11.4. The van der Waals surface area contributed by atoms with Crippen LogP contribution in [0.15, 0.2) is 53.0 Å². The molecular formula is C20H20BrN3O5. The summed E-state index contributed by atoms with van der Waals surface area (Å²) in [6.07, 6.45) is 2.56. The predicted molar refractivity (Wildman–Crippen MR) is 112 cm³/mol. The number of hydrogen-bond acceptors (Lipinski definition) is 5. The van der Waals surface area contributed by atoms with Crippen LogP contribution in [0.4, 0.5) is 5.69 Å². The molecule has 29 heavy (non-hydrogen) atoms. The topological polar surface area (TPSA) is 111 Å². The van der Waals surface area contributed by atoms with E-state index >= 15 is 0 Å². The molecule has 2 N–H and O–H groups in total. The van der Waals surface area contributed by atoms with Crippen molar-refractivity contribution in [2.75, 3.05) is 6.61 Å². The van der Waals surface area contributed by atoms with Crippen molar-refractivity contribution in [3.05, 3.63) is 74.3 Å². The molecule has 0 saturated carbocycles. The average Bonchev–Trinajstić information content (AvgIpc) is 2.69. The number of carbonyl (C=O) groups excluding carboxylic acids is 2. The normalized spacial score (nSPS) is 10.8. The molecule has 0 aliphatic rings. The molecule has 8 nitrogen and oxygen atoms in total. The first kappa shape index (κ1) is 22.1. The van der Waals surface area contributed by atoms with Crippen LogP contribution in [-0.4, -0.2) is 23.3 Å². The van der Waals surface area contributed by atoms with Gasteiger partial charge in [-0.25, -0.2) is 0 Å². The van der Waals surface area contributed by atoms with Crippen LogP contribution in [0.2, 0.25) is 0 Å². The molecule has 0 saturated heterocycles. The molecule has 0 heterocycles. The summed E-state index contributed by atoms with van der Waals surface area (Å²) in [5, 5.41) is 10.7. The SMILES string of the molecule is CC(C)c1ccc(OCC(=O)NNC(=O)/C=C/c2cccc([N+](=O)[O-])c2)c(Br)c1. The van der Waals surface area contributed by atoms with Crippen LogP contribution in [0, 0.1) is 10.1 Å². The monoisotopic (exact) mass is 461 g/mol. The first-order valence-electron chi connectivity index (χ1n) is 8.70. The number of nitrogens with one attached hydrogen (secondary N) is 2. The Morgan fingerprint density at radius 1 is 1.21 bits per heavy atom. The number of non-ortho nitro benzene ring substituents is 1. The number of nitro benzene ring substituents is 1. The van der Waals surface area contributed by atoms with Crippen LogP contribution in [0.3, 0.4) is 0 Å². The highest BCUT2D eigenvalue weighted by Gasteiger charge is 2.09. The first-order valence-corrected chi connectivity index (χ1v) is 9.49. The van der Waals surface area contributed by atoms with E-state index in [1.807, 2.05) is 12.1 Å². The number of carbonyl (C=O) groups is 2. The lowest BCUT2D eigenvalue weighted by Gasteiger charge is -2.11. The van der Waals surface area contributed by atoms with E-state index in [-0.39, 0.29) is 12.3 Å². The van der Waals surface area contributed by atoms with Gasteiger partial charge in [0.15, 0.2) is 6.61 Å². The van der Waals surface area contributed by atoms with Gasteiger partial charge in [-0.3, -0.25) is 30.6 Å². The Morgan fingerprint density at radius 2 is 1.97 bits per heavy atom. The number of ether oxygens (including phenoxy) is 1. The van der Waals surface area contributed by atoms with E-state index in [2.05, 4.69) is 40.6 Å². The number of benzene rings is 2. The highest BCUT2D eigenvalue weighted by atomic mass is 79.9. The summed E-state index contributed by atoms with van der Waals surface area (Å²) in [7, 11) is 0. The third-order valence-corrected chi connectivity index (χ3v) is 4.43. The minimum Gasteiger partial charge on any atom is -0.483 e. The summed E-state index contributed by atoms with van der Waals surface area (Å²) in [6.45, 7) is 3.87. The molecular weight excluding hydrogens is 442 g/mol. The lowest BCUT2D eigenvalue weighted by molar-refractivity contribution is -0.384. The fraction of sp³-hybridized carbons (Fsp3) is 0.200. The number of hydrogen-bond donors (Lipinski definition) is 2. The number of rotatable bonds is 7. The minimum atomic E-state index is -0.590. The summed E-state index contributed by atoms with van der Waals surface area (Å²) < 4.78 is 6.17. The number of amides is 2. The van der Waals surface area contributed by atoms with Crippen molar-refractivity contribution >= 4 is 39.5 Å². The van der Waals surface area contributed by atoms with Gasteiger partial charge in [0.05, 0.1) is 9.40 Å². The lowest BCUT2D eigenvalue weighted by Crippen LogP contribution is -2.43. The number of nitrogens with zero attached hydrogens (tertiary/aromatic N) is 1. The second-order valence-electron chi connectivity index (χ2n) is 6.36. The molecule has 0 unspecified atom stereocenters. The maximum atomic E-state index is 11.8. The number of hydrazine groups is 1. The minimum absolute atomic E-state index is 0.0782. The van der Waals surface area contributed by atoms with E-state index in [1.165, 1.54) is 24.3 Å². The zero-order chi connectivity index (χ0) is 21.4. The third-order valence-electron chi connectivity index (χ3n) is 3.81. The Morgan fingerprint density at radius 3 is 2.62 bits per heavy atom. The van der Waals surface area contributed by atoms with Gasteiger partial charge in [0.1, 0.15) is 5.75 Å². The molecule has 0 aliphatic heterocycles. The molecule has 2 aromatic rings. The van der Waals surface area contributed by atoms with Crippen LogP contribution < -0.4 is 15.6 Å². The van der Waals surface area contributed by atoms with Crippen LogP contribution in [0.25, 0.3) is 6.08 Å². The maximum absolute atomic E-state index is 11.8. The van der Waals surface area contributed by atoms with Gasteiger partial charge >= 0.3 is 0 Å². The second kappa shape index (κ2) is 10.4. The number of halogens is 1. The Labute approximate surface area is 176 Å². The Hall–Kier alpha value is -3.20. The van der Waals surface area contributed by atoms with E-state index in [4.69, 9.17) is 4.74 Å². The van der Waals surface area contributed by atoms with E-state index in [1.54, 1.807) is 12.1 Å². The molecule has 0 bridgehead atoms. The zero-order valence-electron chi connectivity index (χ0n) is 15.8. The smallest absolute Gasteiger partial charge is 0.276 e. The van der Waals surface area contributed by atoms with Crippen molar-refractivity contribution in [3.8, 4) is 5.75 Å². The Balaban J connectivity index is 1.81. The lowest BCUT2D eigenvalue weighted by atomic mass is 10.0. The molecule has 0 aromatic heterocycles. The molecule has 0 radical (unpaired) electrons. The third kappa shape index (κ3) is 7.04. The Bertz CT molecular complexity index is 943. The van der Waals surface area contributed by atoms with Gasteiger partial charge in [-0.1, -0.05) is 32.0 Å². The average molecular weight is 462 g/mol. The van der Waals surface area contributed by atoms with Crippen molar-refractivity contribution < 1.29 is 19.2 Å². The second-order valence-corrected chi connectivity index (χ2v) is 7.21. The predicted octanol–water partition coefficient (Wildman–Crippen LogP) is 3.72. The van der Waals surface area contributed by atoms with Gasteiger partial charge in [-0.05, 0) is 51.2 Å². The van der Waals surface area contributed by atoms with Crippen molar-refractivity contribution in [1.82, 2.24) is 10.9 Å². The first-order chi connectivity index (χ1) is 13.8. The van der Waals surface area contributed by atoms with E-state index in [9.17, 15) is 19.7 Å². The summed E-state index contributed by atoms with van der Waals surface area (Å²) in [4.78, 5) is 33.8. The molecule has 2 amide bonds. The van der Waals surface area contributed by atoms with Gasteiger partial charge in [0.25, 0.3) is 17.5 Å². The van der Waals surface area contributed by atoms with Gasteiger partial charge in [-0.2, -0.15) is 0 Å². The van der Waals surface area contributed by atoms with Gasteiger partial charge in [0.2, 0.25) is 0 Å². The van der Waals surface area contributed by atoms with Crippen LogP contribution in [-0.2, 0) is 9.59 Å². The Kier molecular flexibility index (Phi) is 7.90. The molecule has 0 atom stereocenters. The quantitative estimate of drug-likeness (QED) is 0.370. The molecule has 0 aliphatic carbocycles. The van der Waals surface area contributed by atoms with Gasteiger partial charge in [0, 0.05) is 18.2 Å². The van der Waals surface area contributed by atoms with E-state index < -0.39 is 16.7 Å². The van der Waals surface area contributed by atoms with Crippen LogP contribution in [0.5, 0.6) is 5.75 Å². The van der Waals surface area contributed by atoms with Crippen LogP contribution >= 0.6 is 15.9 Å². The fourth-order valence-electron chi connectivity index (χ4n) is 2.26. The number of nitro groups is 1. The van der Waals surface area contributed by atoms with Gasteiger partial charge in [-0.15, -0.1) is 0 Å². The molecule has 2 aromatic carbocycles.